The van der Waals surface area contributed by atoms with Gasteiger partial charge in [-0.25, -0.2) is 4.98 Å². The van der Waals surface area contributed by atoms with Gasteiger partial charge >= 0.3 is 0 Å². The number of nitrogens with zero attached hydrogens (tertiary/aromatic N) is 1. The molecule has 2 unspecified atom stereocenters. The molecule has 15 heavy (non-hydrogen) atoms. The van der Waals surface area contributed by atoms with Gasteiger partial charge in [0.2, 0.25) is 0 Å². The number of aromatic nitrogens is 1. The average molecular weight is 224 g/mol. The van der Waals surface area contributed by atoms with E-state index in [-0.39, 0.29) is 0 Å². The van der Waals surface area contributed by atoms with Crippen LogP contribution in [-0.2, 0) is 0 Å². The first-order valence-corrected chi connectivity index (χ1v) is 6.76. The summed E-state index contributed by atoms with van der Waals surface area (Å²) in [5.74, 6) is 0.838. The maximum absolute atomic E-state index is 4.62. The van der Waals surface area contributed by atoms with Crippen molar-refractivity contribution in [2.24, 2.45) is 5.92 Å². The van der Waals surface area contributed by atoms with E-state index in [0.29, 0.717) is 12.1 Å². The smallest absolute Gasteiger partial charge is 0.110 e. The number of hydrogen-bond donors (Lipinski definition) is 1. The SMILES string of the molecule is CCC(C)NC(c1nc(C)cs1)C1CC1. The van der Waals surface area contributed by atoms with Crippen molar-refractivity contribution in [2.45, 2.75) is 52.1 Å². The molecule has 3 heteroatoms. The Morgan fingerprint density at radius 2 is 2.33 bits per heavy atom. The molecule has 0 saturated heterocycles. The molecule has 1 N–H and O–H groups in total. The predicted octanol–water partition coefficient (Wildman–Crippen LogP) is 3.29. The fourth-order valence-electron chi connectivity index (χ4n) is 1.78. The van der Waals surface area contributed by atoms with Gasteiger partial charge in [-0.15, -0.1) is 11.3 Å². The van der Waals surface area contributed by atoms with Crippen molar-refractivity contribution in [1.82, 2.24) is 10.3 Å². The van der Waals surface area contributed by atoms with E-state index in [9.17, 15) is 0 Å². The highest BCUT2D eigenvalue weighted by atomic mass is 32.1. The molecule has 1 aromatic rings. The molecule has 0 aromatic carbocycles. The van der Waals surface area contributed by atoms with Crippen LogP contribution in [0.25, 0.3) is 0 Å². The lowest BCUT2D eigenvalue weighted by Crippen LogP contribution is -2.31. The standard InChI is InChI=1S/C12H20N2S/c1-4-8(2)13-11(10-5-6-10)12-14-9(3)7-15-12/h7-8,10-11,13H,4-6H2,1-3H3. The van der Waals surface area contributed by atoms with Crippen LogP contribution in [0.1, 0.15) is 49.9 Å². The number of rotatable bonds is 5. The van der Waals surface area contributed by atoms with Crippen molar-refractivity contribution >= 4 is 11.3 Å². The molecule has 84 valence electrons. The zero-order valence-electron chi connectivity index (χ0n) is 9.79. The van der Waals surface area contributed by atoms with E-state index in [1.807, 2.05) is 0 Å². The Kier molecular flexibility index (Phi) is 3.42. The van der Waals surface area contributed by atoms with Gasteiger partial charge in [0.05, 0.1) is 6.04 Å². The van der Waals surface area contributed by atoms with E-state index in [4.69, 9.17) is 0 Å². The van der Waals surface area contributed by atoms with Crippen molar-refractivity contribution < 1.29 is 0 Å². The monoisotopic (exact) mass is 224 g/mol. The first-order chi connectivity index (χ1) is 7.20. The summed E-state index contributed by atoms with van der Waals surface area (Å²) < 4.78 is 0. The predicted molar refractivity (Wildman–Crippen MR) is 65.2 cm³/mol. The van der Waals surface area contributed by atoms with Crippen LogP contribution in [0.2, 0.25) is 0 Å². The van der Waals surface area contributed by atoms with Gasteiger partial charge in [-0.2, -0.15) is 0 Å². The van der Waals surface area contributed by atoms with E-state index < -0.39 is 0 Å². The van der Waals surface area contributed by atoms with Crippen molar-refractivity contribution in [3.05, 3.63) is 16.1 Å². The molecule has 1 aliphatic rings. The molecule has 0 amide bonds. The maximum Gasteiger partial charge on any atom is 0.110 e. The van der Waals surface area contributed by atoms with Crippen LogP contribution >= 0.6 is 11.3 Å². The zero-order chi connectivity index (χ0) is 10.8. The molecule has 1 aliphatic carbocycles. The summed E-state index contributed by atoms with van der Waals surface area (Å²) in [6, 6.07) is 1.11. The molecule has 1 fully saturated rings. The van der Waals surface area contributed by atoms with Crippen LogP contribution in [0.15, 0.2) is 5.38 Å². The van der Waals surface area contributed by atoms with Crippen molar-refractivity contribution in [3.63, 3.8) is 0 Å². The Bertz CT molecular complexity index is 317. The topological polar surface area (TPSA) is 24.9 Å². The van der Waals surface area contributed by atoms with E-state index in [0.717, 1.165) is 11.6 Å². The quantitative estimate of drug-likeness (QED) is 0.830. The molecule has 2 rings (SSSR count). The number of thiazole rings is 1. The lowest BCUT2D eigenvalue weighted by atomic mass is 10.1. The van der Waals surface area contributed by atoms with Crippen LogP contribution in [0, 0.1) is 12.8 Å². The van der Waals surface area contributed by atoms with Gasteiger partial charge < -0.3 is 5.32 Å². The summed E-state index contributed by atoms with van der Waals surface area (Å²) in [6.07, 6.45) is 3.92. The fourth-order valence-corrected chi connectivity index (χ4v) is 2.73. The largest absolute Gasteiger partial charge is 0.305 e. The Morgan fingerprint density at radius 1 is 1.60 bits per heavy atom. The summed E-state index contributed by atoms with van der Waals surface area (Å²) in [7, 11) is 0. The lowest BCUT2D eigenvalue weighted by Gasteiger charge is -2.20. The molecule has 1 saturated carbocycles. The Hall–Kier alpha value is -0.410. The maximum atomic E-state index is 4.62. The summed E-state index contributed by atoms with van der Waals surface area (Å²) in [5, 5.41) is 7.15. The highest BCUT2D eigenvalue weighted by molar-refractivity contribution is 7.09. The third-order valence-electron chi connectivity index (χ3n) is 3.07. The Morgan fingerprint density at radius 3 is 2.80 bits per heavy atom. The minimum absolute atomic E-state index is 0.513. The van der Waals surface area contributed by atoms with E-state index in [1.165, 1.54) is 24.3 Å². The normalized spacial score (nSPS) is 20.2. The molecule has 1 heterocycles. The minimum Gasteiger partial charge on any atom is -0.305 e. The number of hydrogen-bond acceptors (Lipinski definition) is 3. The summed E-state index contributed by atoms with van der Waals surface area (Å²) in [4.78, 5) is 4.62. The summed E-state index contributed by atoms with van der Waals surface area (Å²) >= 11 is 1.80. The van der Waals surface area contributed by atoms with Crippen LogP contribution in [-0.4, -0.2) is 11.0 Å². The van der Waals surface area contributed by atoms with Crippen molar-refractivity contribution in [1.29, 1.82) is 0 Å². The molecular formula is C12H20N2S. The molecular weight excluding hydrogens is 204 g/mol. The molecule has 0 aliphatic heterocycles. The second-order valence-corrected chi connectivity index (χ2v) is 5.51. The first kappa shape index (κ1) is 11.1. The fraction of sp³-hybridized carbons (Fsp3) is 0.750. The van der Waals surface area contributed by atoms with E-state index in [1.54, 1.807) is 11.3 Å². The van der Waals surface area contributed by atoms with Gasteiger partial charge in [-0.3, -0.25) is 0 Å². The average Bonchev–Trinajstić information content (AvgIpc) is 2.97. The van der Waals surface area contributed by atoms with Crippen LogP contribution in [0.4, 0.5) is 0 Å². The molecule has 1 aromatic heterocycles. The molecule has 2 nitrogen and oxygen atoms in total. The van der Waals surface area contributed by atoms with Gasteiger partial charge in [0.15, 0.2) is 0 Å². The number of nitrogens with one attached hydrogen (secondary N) is 1. The van der Waals surface area contributed by atoms with Gasteiger partial charge in [0.1, 0.15) is 5.01 Å². The van der Waals surface area contributed by atoms with Crippen molar-refractivity contribution in [3.8, 4) is 0 Å². The zero-order valence-corrected chi connectivity index (χ0v) is 10.6. The van der Waals surface area contributed by atoms with E-state index >= 15 is 0 Å². The van der Waals surface area contributed by atoms with E-state index in [2.05, 4.69) is 36.5 Å². The van der Waals surface area contributed by atoms with Crippen molar-refractivity contribution in [2.75, 3.05) is 0 Å². The third-order valence-corrected chi connectivity index (χ3v) is 4.12. The van der Waals surface area contributed by atoms with Crippen LogP contribution in [0.3, 0.4) is 0 Å². The highest BCUT2D eigenvalue weighted by Crippen LogP contribution is 2.42. The minimum atomic E-state index is 0.513. The number of aryl methyl sites for hydroxylation is 1. The first-order valence-electron chi connectivity index (χ1n) is 5.88. The van der Waals surface area contributed by atoms with Gasteiger partial charge in [-0.1, -0.05) is 6.92 Å². The summed E-state index contributed by atoms with van der Waals surface area (Å²) in [6.45, 7) is 6.57. The lowest BCUT2D eigenvalue weighted by molar-refractivity contribution is 0.411. The van der Waals surface area contributed by atoms with Gasteiger partial charge in [0.25, 0.3) is 0 Å². The van der Waals surface area contributed by atoms with Crippen LogP contribution in [0.5, 0.6) is 0 Å². The second-order valence-electron chi connectivity index (χ2n) is 4.62. The molecule has 0 spiro atoms. The molecule has 0 radical (unpaired) electrons. The highest BCUT2D eigenvalue weighted by Gasteiger charge is 2.34. The third kappa shape index (κ3) is 2.79. The second kappa shape index (κ2) is 4.62. The van der Waals surface area contributed by atoms with Crippen LogP contribution < -0.4 is 5.32 Å². The molecule has 2 atom stereocenters. The summed E-state index contributed by atoms with van der Waals surface area (Å²) in [5.41, 5.74) is 1.16. The Labute approximate surface area is 96.1 Å². The molecule has 0 bridgehead atoms. The van der Waals surface area contributed by atoms with Gasteiger partial charge in [-0.05, 0) is 39.0 Å². The Balaban J connectivity index is 2.06. The van der Waals surface area contributed by atoms with Gasteiger partial charge in [0, 0.05) is 17.1 Å².